The molecule has 12 heavy (non-hydrogen) atoms. The molecule has 0 atom stereocenters. The maximum absolute atomic E-state index is 5.16. The number of halogens is 1. The van der Waals surface area contributed by atoms with Gasteiger partial charge in [-0.2, -0.15) is 0 Å². The van der Waals surface area contributed by atoms with Crippen LogP contribution in [-0.4, -0.2) is 4.86 Å². The third-order valence-electron chi connectivity index (χ3n) is 1.61. The van der Waals surface area contributed by atoms with Crippen LogP contribution in [0.5, 0.6) is 0 Å². The zero-order valence-corrected chi connectivity index (χ0v) is 10.2. The van der Waals surface area contributed by atoms with E-state index in [9.17, 15) is 0 Å². The van der Waals surface area contributed by atoms with Crippen molar-refractivity contribution >= 4 is 51.4 Å². The van der Waals surface area contributed by atoms with Crippen LogP contribution in [0.25, 0.3) is 0 Å². The highest BCUT2D eigenvalue weighted by Crippen LogP contribution is 2.49. The van der Waals surface area contributed by atoms with Crippen molar-refractivity contribution in [3.05, 3.63) is 23.8 Å². The first-order valence-electron chi connectivity index (χ1n) is 3.45. The zero-order valence-electron chi connectivity index (χ0n) is 6.37. The molecule has 0 bridgehead atoms. The highest BCUT2D eigenvalue weighted by Gasteiger charge is 2.13. The molecule has 2 rings (SSSR count). The van der Waals surface area contributed by atoms with E-state index in [0.29, 0.717) is 0 Å². The fourth-order valence-electron chi connectivity index (χ4n) is 1.04. The molecule has 1 heterocycles. The fraction of sp³-hybridized carbons (Fsp3) is 0.125. The zero-order chi connectivity index (χ0) is 8.55. The number of rotatable bonds is 1. The van der Waals surface area contributed by atoms with Gasteiger partial charge in [-0.15, -0.1) is 0 Å². The lowest BCUT2D eigenvalue weighted by Crippen LogP contribution is -1.91. The Morgan fingerprint density at radius 1 is 1.58 bits per heavy atom. The molecule has 0 N–H and O–H groups in total. The van der Waals surface area contributed by atoms with E-state index in [0.717, 1.165) is 10.6 Å². The Morgan fingerprint density at radius 2 is 2.42 bits per heavy atom. The Labute approximate surface area is 89.5 Å². The second kappa shape index (κ2) is 3.51. The summed E-state index contributed by atoms with van der Waals surface area (Å²) in [7, 11) is 1.88. The van der Waals surface area contributed by atoms with Crippen molar-refractivity contribution in [3.8, 4) is 0 Å². The quantitative estimate of drug-likeness (QED) is 0.437. The summed E-state index contributed by atoms with van der Waals surface area (Å²) in [5.74, 6) is 0. The summed E-state index contributed by atoms with van der Waals surface area (Å²) in [6.07, 6.45) is 0. The van der Waals surface area contributed by atoms with Crippen molar-refractivity contribution in [1.82, 2.24) is 0 Å². The minimum Gasteiger partial charge on any atom is -0.214 e. The molecule has 1 aromatic carbocycles. The number of hydrogen-bond donors (Lipinski definition) is 0. The number of thiocarbonyl (C=S) groups is 1. The van der Waals surface area contributed by atoms with Crippen molar-refractivity contribution in [2.45, 2.75) is 11.8 Å². The molecule has 1 aliphatic heterocycles. The predicted molar refractivity (Wildman–Crippen MR) is 65.8 cm³/mol. The van der Waals surface area contributed by atoms with E-state index in [4.69, 9.17) is 12.2 Å². The lowest BCUT2D eigenvalue weighted by molar-refractivity contribution is 1.39. The molecular weight excluding hydrogens is 301 g/mol. The Hall–Kier alpha value is 0.190. The molecule has 0 aromatic heterocycles. The fourth-order valence-corrected chi connectivity index (χ4v) is 5.43. The molecule has 0 saturated carbocycles. The van der Waals surface area contributed by atoms with Gasteiger partial charge >= 0.3 is 0 Å². The van der Waals surface area contributed by atoms with Gasteiger partial charge in [0.1, 0.15) is 0 Å². The van der Waals surface area contributed by atoms with E-state index in [-0.39, 0.29) is 19.6 Å². The van der Waals surface area contributed by atoms with Gasteiger partial charge < -0.3 is 0 Å². The van der Waals surface area contributed by atoms with Gasteiger partial charge in [-0.1, -0.05) is 24.4 Å². The molecule has 0 unspecified atom stereocenters. The van der Waals surface area contributed by atoms with Gasteiger partial charge in [0.15, 0.2) is 0 Å². The van der Waals surface area contributed by atoms with E-state index in [1.807, 2.05) is 21.9 Å². The van der Waals surface area contributed by atoms with Gasteiger partial charge in [-0.05, 0) is 21.9 Å². The number of fused-ring (bicyclic) bond motifs is 1. The SMILES string of the molecule is CC(=S)c1cccc2c1SI=N2. The smallest absolute Gasteiger partial charge is 0.0847 e. The van der Waals surface area contributed by atoms with Crippen molar-refractivity contribution in [1.29, 1.82) is 0 Å². The molecule has 4 heteroatoms. The Bertz CT molecular complexity index is 373. The van der Waals surface area contributed by atoms with E-state index >= 15 is 0 Å². The summed E-state index contributed by atoms with van der Waals surface area (Å²) in [6.45, 7) is 1.97. The first kappa shape index (κ1) is 8.77. The standard InChI is InChI=1S/C8H6INS2/c1-5(11)6-3-2-4-7-8(6)12-9-10-7/h2-4H,1H3. The Morgan fingerprint density at radius 3 is 3.17 bits per heavy atom. The highest BCUT2D eigenvalue weighted by atomic mass is 127. The number of nitrogens with zero attached hydrogens (tertiary/aromatic N) is 1. The third kappa shape index (κ3) is 1.47. The van der Waals surface area contributed by atoms with Gasteiger partial charge in [-0.25, -0.2) is 3.15 Å². The Kier molecular flexibility index (Phi) is 2.57. The van der Waals surface area contributed by atoms with Gasteiger partial charge in [0.05, 0.1) is 30.2 Å². The molecule has 1 aliphatic rings. The summed E-state index contributed by atoms with van der Waals surface area (Å²) < 4.78 is 4.46. The van der Waals surface area contributed by atoms with Crippen molar-refractivity contribution in [2.24, 2.45) is 3.15 Å². The first-order valence-corrected chi connectivity index (χ1v) is 8.18. The van der Waals surface area contributed by atoms with Crippen LogP contribution in [0, 0.1) is 0 Å². The molecule has 0 aliphatic carbocycles. The van der Waals surface area contributed by atoms with Crippen LogP contribution in [0.2, 0.25) is 0 Å². The maximum Gasteiger partial charge on any atom is 0.0847 e. The molecule has 1 aromatic rings. The molecule has 0 saturated heterocycles. The van der Waals surface area contributed by atoms with Gasteiger partial charge in [-0.3, -0.25) is 0 Å². The molecule has 0 spiro atoms. The van der Waals surface area contributed by atoms with Crippen LogP contribution < -0.4 is 0 Å². The van der Waals surface area contributed by atoms with Crippen molar-refractivity contribution in [2.75, 3.05) is 0 Å². The summed E-state index contributed by atoms with van der Waals surface area (Å²) in [6, 6.07) is 6.18. The highest BCUT2D eigenvalue weighted by molar-refractivity contribution is 14.2. The topological polar surface area (TPSA) is 12.4 Å². The van der Waals surface area contributed by atoms with Gasteiger partial charge in [0, 0.05) is 10.4 Å². The van der Waals surface area contributed by atoms with Crippen LogP contribution in [0.4, 0.5) is 5.69 Å². The van der Waals surface area contributed by atoms with Crippen LogP contribution in [0.15, 0.2) is 26.2 Å². The maximum atomic E-state index is 5.16. The summed E-state index contributed by atoms with van der Waals surface area (Å²) >= 11 is 5.11. The largest absolute Gasteiger partial charge is 0.214 e. The molecule has 62 valence electrons. The monoisotopic (exact) mass is 307 g/mol. The molecular formula is C8H6INS2. The van der Waals surface area contributed by atoms with E-state index < -0.39 is 0 Å². The lowest BCUT2D eigenvalue weighted by Gasteiger charge is -2.02. The average Bonchev–Trinajstić information content (AvgIpc) is 2.49. The summed E-state index contributed by atoms with van der Waals surface area (Å²) in [5, 5.41) is 0. The third-order valence-corrected chi connectivity index (χ3v) is 5.57. The van der Waals surface area contributed by atoms with Gasteiger partial charge in [0.25, 0.3) is 0 Å². The van der Waals surface area contributed by atoms with Crippen molar-refractivity contribution in [3.63, 3.8) is 0 Å². The summed E-state index contributed by atoms with van der Waals surface area (Å²) in [5.41, 5.74) is 2.35. The van der Waals surface area contributed by atoms with Crippen LogP contribution in [0.1, 0.15) is 12.5 Å². The van der Waals surface area contributed by atoms with E-state index in [2.05, 4.69) is 15.3 Å². The predicted octanol–water partition coefficient (Wildman–Crippen LogP) is 4.23. The van der Waals surface area contributed by atoms with Crippen molar-refractivity contribution < 1.29 is 0 Å². The Balaban J connectivity index is 2.60. The molecule has 0 fully saturated rings. The van der Waals surface area contributed by atoms with E-state index in [1.165, 1.54) is 10.5 Å². The normalized spacial score (nSPS) is 13.8. The van der Waals surface area contributed by atoms with Gasteiger partial charge in [0.2, 0.25) is 0 Å². The van der Waals surface area contributed by atoms with Crippen LogP contribution >= 0.6 is 40.8 Å². The van der Waals surface area contributed by atoms with Crippen LogP contribution in [0.3, 0.4) is 0 Å². The minimum absolute atomic E-state index is 0.0478. The lowest BCUT2D eigenvalue weighted by atomic mass is 10.1. The first-order chi connectivity index (χ1) is 5.79. The summed E-state index contributed by atoms with van der Waals surface area (Å²) in [4.78, 5) is 2.28. The number of benzene rings is 1. The number of hydrogen-bond acceptors (Lipinski definition) is 3. The second-order valence-electron chi connectivity index (χ2n) is 2.44. The van der Waals surface area contributed by atoms with E-state index in [1.54, 1.807) is 0 Å². The average molecular weight is 307 g/mol. The molecule has 0 radical (unpaired) electrons. The van der Waals surface area contributed by atoms with Crippen LogP contribution in [-0.2, 0) is 0 Å². The molecule has 1 nitrogen and oxygen atoms in total. The molecule has 0 amide bonds. The second-order valence-corrected chi connectivity index (χ2v) is 6.74. The minimum atomic E-state index is -0.0478.